The summed E-state index contributed by atoms with van der Waals surface area (Å²) in [5, 5.41) is 0. The van der Waals surface area contributed by atoms with Gasteiger partial charge in [0.2, 0.25) is 0 Å². The molecular weight excluding hydrogens is 452 g/mol. The molecule has 0 atom stereocenters. The van der Waals surface area contributed by atoms with Crippen molar-refractivity contribution in [3.63, 3.8) is 0 Å². The molecule has 0 N–H and O–H groups in total. The number of esters is 3. The van der Waals surface area contributed by atoms with Crippen molar-refractivity contribution < 1.29 is 38.1 Å². The van der Waals surface area contributed by atoms with Gasteiger partial charge < -0.3 is 23.7 Å². The molecule has 0 fully saturated rings. The van der Waals surface area contributed by atoms with Crippen LogP contribution in [0.5, 0.6) is 17.2 Å². The molecule has 8 nitrogen and oxygen atoms in total. The molecule has 0 saturated heterocycles. The zero-order valence-electron chi connectivity index (χ0n) is 19.6. The fourth-order valence-electron chi connectivity index (χ4n) is 2.71. The second-order valence-corrected chi connectivity index (χ2v) is 7.24. The number of hydrogen-bond acceptors (Lipinski definition) is 8. The molecular formula is C27H30O8. The highest BCUT2D eigenvalue weighted by Gasteiger charge is 2.09. The minimum atomic E-state index is -0.483. The Labute approximate surface area is 205 Å². The lowest BCUT2D eigenvalue weighted by molar-refractivity contribution is -0.138. The third-order valence-electron chi connectivity index (χ3n) is 4.56. The molecule has 0 bridgehead atoms. The number of carbonyl (C=O) groups excluding carboxylic acids is 3. The Hall–Kier alpha value is -4.07. The fraction of sp³-hybridized carbons (Fsp3) is 0.296. The van der Waals surface area contributed by atoms with E-state index < -0.39 is 17.9 Å². The van der Waals surface area contributed by atoms with Crippen LogP contribution in [0.4, 0.5) is 0 Å². The first-order valence-corrected chi connectivity index (χ1v) is 11.3. The lowest BCUT2D eigenvalue weighted by atomic mass is 10.2. The van der Waals surface area contributed by atoms with Crippen LogP contribution < -0.4 is 14.2 Å². The number of hydrogen-bond donors (Lipinski definition) is 0. The molecule has 0 aliphatic carbocycles. The molecule has 0 unspecified atom stereocenters. The number of ether oxygens (including phenoxy) is 5. The molecule has 0 aliphatic rings. The molecule has 186 valence electrons. The number of rotatable bonds is 16. The van der Waals surface area contributed by atoms with E-state index in [1.807, 2.05) is 0 Å². The Morgan fingerprint density at radius 1 is 0.600 bits per heavy atom. The van der Waals surface area contributed by atoms with E-state index in [-0.39, 0.29) is 0 Å². The van der Waals surface area contributed by atoms with Crippen molar-refractivity contribution in [3.8, 4) is 17.2 Å². The van der Waals surface area contributed by atoms with Crippen molar-refractivity contribution >= 4 is 17.9 Å². The summed E-state index contributed by atoms with van der Waals surface area (Å²) in [6.45, 7) is 8.25. The molecule has 0 radical (unpaired) electrons. The Bertz CT molecular complexity index is 964. The summed E-state index contributed by atoms with van der Waals surface area (Å²) in [5.41, 5.74) is 0.395. The van der Waals surface area contributed by atoms with Crippen molar-refractivity contribution in [1.29, 1.82) is 0 Å². The molecule has 0 amide bonds. The first-order valence-electron chi connectivity index (χ1n) is 11.3. The summed E-state index contributed by atoms with van der Waals surface area (Å²) in [5.74, 6) is 0.325. The van der Waals surface area contributed by atoms with E-state index in [0.29, 0.717) is 62.1 Å². The third kappa shape index (κ3) is 11.1. The van der Waals surface area contributed by atoms with Gasteiger partial charge in [0.1, 0.15) is 17.2 Å². The zero-order chi connectivity index (χ0) is 25.3. The molecule has 0 aromatic heterocycles. The van der Waals surface area contributed by atoms with Gasteiger partial charge in [-0.2, -0.15) is 0 Å². The summed E-state index contributed by atoms with van der Waals surface area (Å²) in [6, 6.07) is 13.4. The second-order valence-electron chi connectivity index (χ2n) is 7.24. The standard InChI is InChI=1S/C27H30O8/c1-3-25(28)33-19-7-5-17-31-22-11-9-21(10-12-22)27(30)35-24-15-13-23(14-16-24)32-18-6-8-20-34-26(29)4-2/h3-4,9-16H,1-2,5-8,17-20H2. The van der Waals surface area contributed by atoms with E-state index in [9.17, 15) is 14.4 Å². The molecule has 8 heteroatoms. The Morgan fingerprint density at radius 3 is 1.46 bits per heavy atom. The van der Waals surface area contributed by atoms with Crippen LogP contribution in [0, 0.1) is 0 Å². The van der Waals surface area contributed by atoms with Crippen molar-refractivity contribution in [2.24, 2.45) is 0 Å². The molecule has 2 rings (SSSR count). The predicted molar refractivity (Wildman–Crippen MR) is 130 cm³/mol. The molecule has 0 aliphatic heterocycles. The smallest absolute Gasteiger partial charge is 0.343 e. The van der Waals surface area contributed by atoms with Crippen molar-refractivity contribution in [2.75, 3.05) is 26.4 Å². The highest BCUT2D eigenvalue weighted by atomic mass is 16.5. The van der Waals surface area contributed by atoms with Crippen LogP contribution in [0.1, 0.15) is 36.0 Å². The van der Waals surface area contributed by atoms with Gasteiger partial charge in [-0.3, -0.25) is 0 Å². The van der Waals surface area contributed by atoms with Crippen LogP contribution in [0.2, 0.25) is 0 Å². The maximum atomic E-state index is 12.4. The number of benzene rings is 2. The van der Waals surface area contributed by atoms with Gasteiger partial charge >= 0.3 is 17.9 Å². The van der Waals surface area contributed by atoms with E-state index in [0.717, 1.165) is 25.0 Å². The maximum Gasteiger partial charge on any atom is 0.343 e. The Morgan fingerprint density at radius 2 is 1.00 bits per heavy atom. The molecule has 2 aromatic carbocycles. The van der Waals surface area contributed by atoms with Gasteiger partial charge in [-0.25, -0.2) is 14.4 Å². The highest BCUT2D eigenvalue weighted by molar-refractivity contribution is 5.91. The Balaban J connectivity index is 1.66. The molecule has 2 aromatic rings. The van der Waals surface area contributed by atoms with Gasteiger partial charge in [-0.05, 0) is 74.2 Å². The third-order valence-corrected chi connectivity index (χ3v) is 4.56. The van der Waals surface area contributed by atoms with Gasteiger partial charge in [-0.1, -0.05) is 13.2 Å². The van der Waals surface area contributed by atoms with E-state index in [1.165, 1.54) is 0 Å². The van der Waals surface area contributed by atoms with E-state index in [1.54, 1.807) is 48.5 Å². The summed E-state index contributed by atoms with van der Waals surface area (Å²) >= 11 is 0. The van der Waals surface area contributed by atoms with Crippen LogP contribution in [0.3, 0.4) is 0 Å². The van der Waals surface area contributed by atoms with E-state index >= 15 is 0 Å². The maximum absolute atomic E-state index is 12.4. The molecule has 0 spiro atoms. The first kappa shape index (κ1) is 27.2. The van der Waals surface area contributed by atoms with Crippen LogP contribution in [-0.4, -0.2) is 44.3 Å². The van der Waals surface area contributed by atoms with Crippen molar-refractivity contribution in [3.05, 3.63) is 79.4 Å². The average Bonchev–Trinajstić information content (AvgIpc) is 2.88. The minimum Gasteiger partial charge on any atom is -0.494 e. The SMILES string of the molecule is C=CC(=O)OCCCCOc1ccc(OC(=O)c2ccc(OCCCCOC(=O)C=C)cc2)cc1. The predicted octanol–water partition coefficient (Wildman–Crippen LogP) is 4.68. The van der Waals surface area contributed by atoms with Crippen LogP contribution >= 0.6 is 0 Å². The normalized spacial score (nSPS) is 10.1. The van der Waals surface area contributed by atoms with Gasteiger partial charge in [0, 0.05) is 12.2 Å². The first-order chi connectivity index (χ1) is 17.0. The lowest BCUT2D eigenvalue weighted by Gasteiger charge is -2.09. The average molecular weight is 483 g/mol. The van der Waals surface area contributed by atoms with Crippen molar-refractivity contribution in [2.45, 2.75) is 25.7 Å². The summed E-state index contributed by atoms with van der Waals surface area (Å²) in [4.78, 5) is 34.3. The van der Waals surface area contributed by atoms with Gasteiger partial charge in [0.15, 0.2) is 0 Å². The van der Waals surface area contributed by atoms with Crippen LogP contribution in [0.15, 0.2) is 73.8 Å². The largest absolute Gasteiger partial charge is 0.494 e. The van der Waals surface area contributed by atoms with Gasteiger partial charge in [-0.15, -0.1) is 0 Å². The zero-order valence-corrected chi connectivity index (χ0v) is 19.6. The van der Waals surface area contributed by atoms with Crippen LogP contribution in [-0.2, 0) is 19.1 Å². The molecule has 0 saturated carbocycles. The van der Waals surface area contributed by atoms with Crippen LogP contribution in [0.25, 0.3) is 0 Å². The van der Waals surface area contributed by atoms with Crippen molar-refractivity contribution in [1.82, 2.24) is 0 Å². The molecule has 35 heavy (non-hydrogen) atoms. The van der Waals surface area contributed by atoms with Gasteiger partial charge in [0.25, 0.3) is 0 Å². The quantitative estimate of drug-likeness (QED) is 0.147. The Kier molecular flexibility index (Phi) is 12.2. The van der Waals surface area contributed by atoms with Gasteiger partial charge in [0.05, 0.1) is 32.0 Å². The lowest BCUT2D eigenvalue weighted by Crippen LogP contribution is -2.08. The van der Waals surface area contributed by atoms with E-state index in [2.05, 4.69) is 13.2 Å². The number of unbranched alkanes of at least 4 members (excludes halogenated alkanes) is 2. The summed E-state index contributed by atoms with van der Waals surface area (Å²) in [7, 11) is 0. The summed E-state index contributed by atoms with van der Waals surface area (Å²) < 4.78 is 26.4. The topological polar surface area (TPSA) is 97.4 Å². The fourth-order valence-corrected chi connectivity index (χ4v) is 2.71. The summed E-state index contributed by atoms with van der Waals surface area (Å²) in [6.07, 6.45) is 5.08. The number of carbonyl (C=O) groups is 3. The monoisotopic (exact) mass is 482 g/mol. The van der Waals surface area contributed by atoms with E-state index in [4.69, 9.17) is 23.7 Å². The highest BCUT2D eigenvalue weighted by Crippen LogP contribution is 2.20. The molecule has 0 heterocycles. The second kappa shape index (κ2) is 15.7. The minimum absolute atomic E-state index is 0.321.